The minimum atomic E-state index is -1.39. The third-order valence-electron chi connectivity index (χ3n) is 2.53. The molecule has 0 rings (SSSR count). The van der Waals surface area contributed by atoms with E-state index in [-0.39, 0.29) is 12.8 Å². The second kappa shape index (κ2) is 7.74. The van der Waals surface area contributed by atoms with Gasteiger partial charge >= 0.3 is 11.9 Å². The molecule has 0 aromatic carbocycles. The van der Waals surface area contributed by atoms with Crippen molar-refractivity contribution in [1.82, 2.24) is 0 Å². The Labute approximate surface area is 124 Å². The lowest BCUT2D eigenvalue weighted by Gasteiger charge is -2.27. The molecule has 0 spiro atoms. The van der Waals surface area contributed by atoms with Gasteiger partial charge in [-0.05, 0) is 51.6 Å². The van der Waals surface area contributed by atoms with Crippen molar-refractivity contribution in [2.75, 3.05) is 14.2 Å². The van der Waals surface area contributed by atoms with E-state index < -0.39 is 17.4 Å². The Hall–Kier alpha value is -0.620. The van der Waals surface area contributed by atoms with Crippen molar-refractivity contribution in [1.29, 1.82) is 0 Å². The summed E-state index contributed by atoms with van der Waals surface area (Å²) in [5.41, 5.74) is -0.588. The van der Waals surface area contributed by atoms with Crippen molar-refractivity contribution in [3.8, 4) is 0 Å². The maximum Gasteiger partial charge on any atom is 0.323 e. The molecule has 0 radical (unpaired) electrons. The predicted octanol–water partition coefficient (Wildman–Crippen LogP) is 3.31. The number of halogens is 2. The molecule has 4 nitrogen and oxygen atoms in total. The van der Waals surface area contributed by atoms with E-state index in [1.54, 1.807) is 6.92 Å². The maximum absolute atomic E-state index is 12.0. The third kappa shape index (κ3) is 3.95. The van der Waals surface area contributed by atoms with Crippen LogP contribution in [0, 0.1) is 5.41 Å². The van der Waals surface area contributed by atoms with Crippen LogP contribution < -0.4 is 0 Å². The standard InChI is InChI=1S/C12H16Br2O4/c1-5-6-12(10(15)17-3,11(16)18-4)7-8(2)9(13)14/h5H,1,6-7H2,2-4H3. The van der Waals surface area contributed by atoms with E-state index in [1.807, 2.05) is 0 Å². The fourth-order valence-electron chi connectivity index (χ4n) is 1.62. The normalized spacial score (nSPS) is 10.5. The van der Waals surface area contributed by atoms with Gasteiger partial charge in [-0.3, -0.25) is 9.59 Å². The van der Waals surface area contributed by atoms with Gasteiger partial charge in [0.05, 0.1) is 17.6 Å². The monoisotopic (exact) mass is 382 g/mol. The molecule has 0 saturated carbocycles. The zero-order chi connectivity index (χ0) is 14.3. The van der Waals surface area contributed by atoms with Gasteiger partial charge in [0.15, 0.2) is 5.41 Å². The van der Waals surface area contributed by atoms with E-state index in [0.29, 0.717) is 3.39 Å². The summed E-state index contributed by atoms with van der Waals surface area (Å²) in [5, 5.41) is 0. The number of carbonyl (C=O) groups is 2. The third-order valence-corrected chi connectivity index (χ3v) is 3.89. The van der Waals surface area contributed by atoms with Crippen LogP contribution in [0.5, 0.6) is 0 Å². The largest absolute Gasteiger partial charge is 0.468 e. The van der Waals surface area contributed by atoms with Gasteiger partial charge in [0.25, 0.3) is 0 Å². The van der Waals surface area contributed by atoms with E-state index >= 15 is 0 Å². The lowest BCUT2D eigenvalue weighted by atomic mass is 9.79. The Morgan fingerprint density at radius 3 is 1.94 bits per heavy atom. The lowest BCUT2D eigenvalue weighted by molar-refractivity contribution is -0.168. The van der Waals surface area contributed by atoms with Crippen LogP contribution in [0.2, 0.25) is 0 Å². The van der Waals surface area contributed by atoms with E-state index in [1.165, 1.54) is 20.3 Å². The number of esters is 2. The number of allylic oxidation sites excluding steroid dienone is 2. The lowest BCUT2D eigenvalue weighted by Crippen LogP contribution is -2.41. The van der Waals surface area contributed by atoms with Crippen molar-refractivity contribution in [3.05, 3.63) is 21.6 Å². The number of ether oxygens (including phenoxy) is 2. The van der Waals surface area contributed by atoms with E-state index in [0.717, 1.165) is 5.57 Å². The minimum absolute atomic E-state index is 0.150. The zero-order valence-corrected chi connectivity index (χ0v) is 13.8. The van der Waals surface area contributed by atoms with Gasteiger partial charge in [0.1, 0.15) is 0 Å². The molecule has 0 heterocycles. The molecular formula is C12H16Br2O4. The molecule has 0 N–H and O–H groups in total. The molecule has 0 fully saturated rings. The second-order valence-electron chi connectivity index (χ2n) is 3.78. The highest BCUT2D eigenvalue weighted by atomic mass is 79.9. The van der Waals surface area contributed by atoms with Gasteiger partial charge in [-0.2, -0.15) is 0 Å². The van der Waals surface area contributed by atoms with Crippen LogP contribution in [0.15, 0.2) is 21.6 Å². The molecular weight excluding hydrogens is 368 g/mol. The topological polar surface area (TPSA) is 52.6 Å². The van der Waals surface area contributed by atoms with Crippen LogP contribution in [0.3, 0.4) is 0 Å². The summed E-state index contributed by atoms with van der Waals surface area (Å²) in [7, 11) is 2.48. The summed E-state index contributed by atoms with van der Waals surface area (Å²) >= 11 is 6.50. The molecule has 0 aliphatic heterocycles. The Kier molecular flexibility index (Phi) is 7.47. The summed E-state index contributed by atoms with van der Waals surface area (Å²) in [5.74, 6) is -1.26. The van der Waals surface area contributed by atoms with Gasteiger partial charge < -0.3 is 9.47 Å². The summed E-state index contributed by atoms with van der Waals surface area (Å²) in [6, 6.07) is 0. The molecule has 0 aromatic rings. The maximum atomic E-state index is 12.0. The van der Waals surface area contributed by atoms with Gasteiger partial charge in [-0.15, -0.1) is 6.58 Å². The minimum Gasteiger partial charge on any atom is -0.468 e. The van der Waals surface area contributed by atoms with Crippen molar-refractivity contribution < 1.29 is 19.1 Å². The first-order valence-corrected chi connectivity index (χ1v) is 6.72. The van der Waals surface area contributed by atoms with Crippen molar-refractivity contribution in [2.45, 2.75) is 19.8 Å². The highest BCUT2D eigenvalue weighted by Crippen LogP contribution is 2.36. The van der Waals surface area contributed by atoms with Crippen LogP contribution in [0.1, 0.15) is 19.8 Å². The van der Waals surface area contributed by atoms with Crippen LogP contribution in [0.4, 0.5) is 0 Å². The fourth-order valence-corrected chi connectivity index (χ4v) is 1.90. The summed E-state index contributed by atoms with van der Waals surface area (Å²) in [4.78, 5) is 23.9. The molecule has 0 amide bonds. The Morgan fingerprint density at radius 1 is 1.22 bits per heavy atom. The predicted molar refractivity (Wildman–Crippen MR) is 76.5 cm³/mol. The van der Waals surface area contributed by atoms with E-state index in [2.05, 4.69) is 38.4 Å². The van der Waals surface area contributed by atoms with Crippen molar-refractivity contribution >= 4 is 43.8 Å². The Balaban J connectivity index is 5.61. The second-order valence-corrected chi connectivity index (χ2v) is 6.43. The quantitative estimate of drug-likeness (QED) is 0.401. The molecule has 0 bridgehead atoms. The first-order chi connectivity index (χ1) is 8.35. The number of methoxy groups -OCH3 is 2. The molecule has 6 heteroatoms. The first kappa shape index (κ1) is 17.4. The summed E-state index contributed by atoms with van der Waals surface area (Å²) in [6.45, 7) is 5.37. The fraction of sp³-hybridized carbons (Fsp3) is 0.500. The van der Waals surface area contributed by atoms with Crippen LogP contribution >= 0.6 is 31.9 Å². The Bertz CT molecular complexity index is 354. The van der Waals surface area contributed by atoms with E-state index in [4.69, 9.17) is 9.47 Å². The van der Waals surface area contributed by atoms with Gasteiger partial charge in [-0.25, -0.2) is 0 Å². The van der Waals surface area contributed by atoms with Crippen LogP contribution in [-0.2, 0) is 19.1 Å². The van der Waals surface area contributed by atoms with Gasteiger partial charge in [-0.1, -0.05) is 11.6 Å². The number of hydrogen-bond donors (Lipinski definition) is 0. The summed E-state index contributed by atoms with van der Waals surface area (Å²) < 4.78 is 10.2. The van der Waals surface area contributed by atoms with Gasteiger partial charge in [0.2, 0.25) is 0 Å². The zero-order valence-electron chi connectivity index (χ0n) is 10.6. The SMILES string of the molecule is C=CCC(CC(C)=C(Br)Br)(C(=O)OC)C(=O)OC. The molecule has 0 atom stereocenters. The first-order valence-electron chi connectivity index (χ1n) is 5.14. The van der Waals surface area contributed by atoms with E-state index in [9.17, 15) is 9.59 Å². The van der Waals surface area contributed by atoms with Crippen LogP contribution in [0.25, 0.3) is 0 Å². The average molecular weight is 384 g/mol. The number of rotatable bonds is 6. The van der Waals surface area contributed by atoms with Crippen LogP contribution in [-0.4, -0.2) is 26.2 Å². The van der Waals surface area contributed by atoms with Crippen molar-refractivity contribution in [2.24, 2.45) is 5.41 Å². The molecule has 0 aliphatic rings. The highest BCUT2D eigenvalue weighted by molar-refractivity contribution is 9.28. The number of carbonyl (C=O) groups excluding carboxylic acids is 2. The van der Waals surface area contributed by atoms with Crippen molar-refractivity contribution in [3.63, 3.8) is 0 Å². The summed E-state index contributed by atoms with van der Waals surface area (Å²) in [6.07, 6.45) is 1.84. The average Bonchev–Trinajstić information content (AvgIpc) is 2.35. The highest BCUT2D eigenvalue weighted by Gasteiger charge is 2.47. The smallest absolute Gasteiger partial charge is 0.323 e. The Morgan fingerprint density at radius 2 is 1.67 bits per heavy atom. The molecule has 102 valence electrons. The molecule has 0 aromatic heterocycles. The molecule has 0 saturated heterocycles. The molecule has 0 unspecified atom stereocenters. The van der Waals surface area contributed by atoms with Gasteiger partial charge in [0, 0.05) is 0 Å². The molecule has 0 aliphatic carbocycles. The number of hydrogen-bond acceptors (Lipinski definition) is 4. The molecule has 18 heavy (non-hydrogen) atoms.